The smallest absolute Gasteiger partial charge is 0.307 e. The van der Waals surface area contributed by atoms with E-state index in [4.69, 9.17) is 16.6 Å². The van der Waals surface area contributed by atoms with Gasteiger partial charge in [-0.3, -0.25) is 19.9 Å². The normalized spacial score (nSPS) is 11.3. The zero-order chi connectivity index (χ0) is 15.5. The van der Waals surface area contributed by atoms with E-state index in [1.54, 1.807) is 12.1 Å². The quantitative estimate of drug-likeness (QED) is 0.330. The van der Waals surface area contributed by atoms with Gasteiger partial charge in [0.25, 0.3) is 0 Å². The molecule has 0 saturated heterocycles. The molecule has 3 heterocycles. The van der Waals surface area contributed by atoms with Gasteiger partial charge in [0.2, 0.25) is 4.77 Å². The van der Waals surface area contributed by atoms with Crippen LogP contribution in [0, 0.1) is 14.9 Å². The number of nitro groups is 1. The van der Waals surface area contributed by atoms with Crippen molar-refractivity contribution in [3.8, 4) is 0 Å². The molecule has 0 amide bonds. The van der Waals surface area contributed by atoms with Gasteiger partial charge < -0.3 is 4.42 Å². The highest BCUT2D eigenvalue weighted by Gasteiger charge is 2.10. The third-order valence-electron chi connectivity index (χ3n) is 2.68. The molecular weight excluding hydrogens is 310 g/mol. The Balaban J connectivity index is 1.70. The summed E-state index contributed by atoms with van der Waals surface area (Å²) in [6, 6.07) is 3.46. The number of aromatic nitrogens is 5. The van der Waals surface area contributed by atoms with Crippen molar-refractivity contribution >= 4 is 24.1 Å². The van der Waals surface area contributed by atoms with E-state index in [1.807, 2.05) is 0 Å². The maximum absolute atomic E-state index is 10.6. The Morgan fingerprint density at radius 3 is 3.09 bits per heavy atom. The molecule has 3 aromatic heterocycles. The van der Waals surface area contributed by atoms with Crippen molar-refractivity contribution in [2.75, 3.05) is 0 Å². The summed E-state index contributed by atoms with van der Waals surface area (Å²) in [6.07, 6.45) is 5.44. The van der Waals surface area contributed by atoms with Gasteiger partial charge in [-0.2, -0.15) is 20.0 Å². The van der Waals surface area contributed by atoms with Gasteiger partial charge in [-0.15, -0.1) is 0 Å². The molecule has 0 aliphatic rings. The van der Waals surface area contributed by atoms with Crippen LogP contribution in [0.2, 0.25) is 0 Å². The molecule has 10 nitrogen and oxygen atoms in total. The van der Waals surface area contributed by atoms with Gasteiger partial charge in [-0.05, 0) is 24.4 Å². The molecule has 22 heavy (non-hydrogen) atoms. The maximum Gasteiger partial charge on any atom is 0.307 e. The summed E-state index contributed by atoms with van der Waals surface area (Å²) in [6.45, 7) is 0.285. The van der Waals surface area contributed by atoms with Crippen LogP contribution in [0.3, 0.4) is 0 Å². The van der Waals surface area contributed by atoms with Crippen molar-refractivity contribution in [1.82, 2.24) is 24.7 Å². The highest BCUT2D eigenvalue weighted by molar-refractivity contribution is 7.71. The Morgan fingerprint density at radius 2 is 2.41 bits per heavy atom. The molecule has 0 fully saturated rings. The van der Waals surface area contributed by atoms with Crippen LogP contribution in [0.4, 0.5) is 5.69 Å². The minimum atomic E-state index is -0.502. The summed E-state index contributed by atoms with van der Waals surface area (Å²) < 4.78 is 8.71. The van der Waals surface area contributed by atoms with Crippen LogP contribution in [0.5, 0.6) is 0 Å². The third-order valence-corrected chi connectivity index (χ3v) is 2.95. The van der Waals surface area contributed by atoms with Crippen molar-refractivity contribution in [1.29, 1.82) is 0 Å². The molecule has 1 N–H and O–H groups in total. The predicted molar refractivity (Wildman–Crippen MR) is 77.1 cm³/mol. The first-order chi connectivity index (χ1) is 10.6. The molecule has 0 unspecified atom stereocenters. The van der Waals surface area contributed by atoms with Crippen LogP contribution in [0.25, 0.3) is 0 Å². The first-order valence-corrected chi connectivity index (χ1v) is 6.44. The Morgan fingerprint density at radius 1 is 1.55 bits per heavy atom. The Kier molecular flexibility index (Phi) is 3.62. The zero-order valence-electron chi connectivity index (χ0n) is 11.0. The van der Waals surface area contributed by atoms with Crippen LogP contribution < -0.4 is 0 Å². The fraction of sp³-hybridized carbons (Fsp3) is 0.0909. The van der Waals surface area contributed by atoms with Crippen LogP contribution in [-0.4, -0.2) is 35.8 Å². The minimum absolute atomic E-state index is 0.0670. The number of H-pyrrole nitrogens is 1. The lowest BCUT2D eigenvalue weighted by Crippen LogP contribution is -1.98. The van der Waals surface area contributed by atoms with Crippen LogP contribution in [-0.2, 0) is 6.54 Å². The number of furan rings is 1. The van der Waals surface area contributed by atoms with Crippen molar-refractivity contribution in [3.05, 3.63) is 57.3 Å². The Hall–Kier alpha value is -3.08. The van der Waals surface area contributed by atoms with Gasteiger partial charge in [0.05, 0.1) is 17.7 Å². The van der Waals surface area contributed by atoms with Gasteiger partial charge in [0, 0.05) is 0 Å². The molecule has 3 rings (SSSR count). The highest BCUT2D eigenvalue weighted by atomic mass is 32.1. The van der Waals surface area contributed by atoms with Gasteiger partial charge in [0.1, 0.15) is 30.2 Å². The molecule has 0 radical (unpaired) electrons. The molecule has 0 aliphatic heterocycles. The first-order valence-electron chi connectivity index (χ1n) is 6.04. The second-order valence-electron chi connectivity index (χ2n) is 4.21. The lowest BCUT2D eigenvalue weighted by molar-refractivity contribution is -0.385. The summed E-state index contributed by atoms with van der Waals surface area (Å²) in [7, 11) is 0. The van der Waals surface area contributed by atoms with Crippen LogP contribution >= 0.6 is 12.2 Å². The van der Waals surface area contributed by atoms with Gasteiger partial charge >= 0.3 is 5.69 Å². The maximum atomic E-state index is 10.6. The molecular formula is C11H9N7O3S. The van der Waals surface area contributed by atoms with Crippen molar-refractivity contribution in [2.45, 2.75) is 6.54 Å². The molecule has 0 bridgehead atoms. The number of rotatable bonds is 5. The van der Waals surface area contributed by atoms with E-state index < -0.39 is 4.92 Å². The van der Waals surface area contributed by atoms with Crippen molar-refractivity contribution in [3.63, 3.8) is 0 Å². The zero-order valence-corrected chi connectivity index (χ0v) is 11.8. The average Bonchev–Trinajstić information content (AvgIpc) is 3.19. The lowest BCUT2D eigenvalue weighted by atomic mass is 10.4. The van der Waals surface area contributed by atoms with E-state index in [1.165, 1.54) is 34.3 Å². The fourth-order valence-electron chi connectivity index (χ4n) is 1.69. The molecule has 0 aromatic carbocycles. The second-order valence-corrected chi connectivity index (χ2v) is 4.59. The number of nitrogens with one attached hydrogen (secondary N) is 1. The summed E-state index contributed by atoms with van der Waals surface area (Å²) in [4.78, 5) is 10.1. The van der Waals surface area contributed by atoms with Crippen LogP contribution in [0.1, 0.15) is 11.5 Å². The van der Waals surface area contributed by atoms with E-state index in [0.717, 1.165) is 0 Å². The molecule has 112 valence electrons. The third kappa shape index (κ3) is 2.98. The van der Waals surface area contributed by atoms with E-state index in [0.29, 0.717) is 16.3 Å². The average molecular weight is 319 g/mol. The van der Waals surface area contributed by atoms with E-state index in [2.05, 4.69) is 20.4 Å². The second kappa shape index (κ2) is 5.73. The summed E-state index contributed by atoms with van der Waals surface area (Å²) in [5.41, 5.74) is -0.0670. The van der Waals surface area contributed by atoms with E-state index in [-0.39, 0.29) is 12.2 Å². The van der Waals surface area contributed by atoms with Crippen LogP contribution in [0.15, 0.2) is 40.4 Å². The first kappa shape index (κ1) is 13.9. The molecule has 0 spiro atoms. The predicted octanol–water partition coefficient (Wildman–Crippen LogP) is 1.57. The van der Waals surface area contributed by atoms with Gasteiger partial charge in [-0.1, -0.05) is 0 Å². The number of aromatic amines is 1. The Labute approximate surface area is 127 Å². The standard InChI is InChI=1S/C11H9N7O3S/c19-18(20)8-3-13-16(5-8)6-10-2-1-9(21-10)4-14-17-7-12-15-11(17)22/h1-5,7H,6H2,(H,15,22)/b14-4+. The van der Waals surface area contributed by atoms with Crippen molar-refractivity contribution in [2.24, 2.45) is 5.10 Å². The van der Waals surface area contributed by atoms with E-state index in [9.17, 15) is 10.1 Å². The largest absolute Gasteiger partial charge is 0.458 e. The van der Waals surface area contributed by atoms with Gasteiger partial charge in [0.15, 0.2) is 0 Å². The molecule has 0 saturated carbocycles. The molecule has 0 aliphatic carbocycles. The fourth-order valence-corrected chi connectivity index (χ4v) is 1.83. The number of hydrogen-bond acceptors (Lipinski definition) is 7. The summed E-state index contributed by atoms with van der Waals surface area (Å²) in [5, 5.41) is 24.9. The molecule has 3 aromatic rings. The summed E-state index contributed by atoms with van der Waals surface area (Å²) >= 11 is 4.95. The van der Waals surface area contributed by atoms with Crippen molar-refractivity contribution < 1.29 is 9.34 Å². The SMILES string of the molecule is O=[N+]([O-])c1cnn(Cc2ccc(/C=N/n3cn[nH]c3=S)o2)c1. The monoisotopic (exact) mass is 319 g/mol. The number of nitrogens with zero attached hydrogens (tertiary/aromatic N) is 6. The van der Waals surface area contributed by atoms with E-state index >= 15 is 0 Å². The number of hydrogen-bond donors (Lipinski definition) is 1. The highest BCUT2D eigenvalue weighted by Crippen LogP contribution is 2.12. The van der Waals surface area contributed by atoms with Gasteiger partial charge in [-0.25, -0.2) is 0 Å². The topological polar surface area (TPSA) is 120 Å². The lowest BCUT2D eigenvalue weighted by Gasteiger charge is -1.95. The molecule has 11 heteroatoms. The summed E-state index contributed by atoms with van der Waals surface area (Å²) in [5.74, 6) is 1.11. The minimum Gasteiger partial charge on any atom is -0.458 e. The Bertz CT molecular complexity index is 887. The molecule has 0 atom stereocenters.